The molecule has 0 heterocycles. The van der Waals surface area contributed by atoms with Crippen molar-refractivity contribution in [1.29, 1.82) is 0 Å². The second kappa shape index (κ2) is 7.23. The molecule has 0 aromatic rings. The Morgan fingerprint density at radius 3 is 2.22 bits per heavy atom. The fraction of sp³-hybridized carbons (Fsp3) is 0.364. The first kappa shape index (κ1) is 15.9. The highest BCUT2D eigenvalue weighted by atomic mass is 16.4. The SMILES string of the molecule is C=CC(=C)C(NC(=O)CCC(N)C(=O)O)C(=O)O. The molecule has 1 amide bonds. The molecule has 100 valence electrons. The van der Waals surface area contributed by atoms with E-state index in [-0.39, 0.29) is 18.4 Å². The Balaban J connectivity index is 4.36. The number of aliphatic carboxylic acids is 2. The molecule has 0 fully saturated rings. The van der Waals surface area contributed by atoms with Crippen LogP contribution in [0.4, 0.5) is 0 Å². The van der Waals surface area contributed by atoms with Gasteiger partial charge in [-0.1, -0.05) is 19.2 Å². The van der Waals surface area contributed by atoms with Crippen LogP contribution in [0, 0.1) is 0 Å². The zero-order valence-electron chi connectivity index (χ0n) is 9.76. The number of hydrogen-bond donors (Lipinski definition) is 4. The van der Waals surface area contributed by atoms with Gasteiger partial charge in [-0.15, -0.1) is 0 Å². The molecule has 0 aliphatic carbocycles. The fourth-order valence-electron chi connectivity index (χ4n) is 1.07. The van der Waals surface area contributed by atoms with E-state index in [1.807, 2.05) is 0 Å². The topological polar surface area (TPSA) is 130 Å². The molecule has 0 spiro atoms. The molecule has 7 nitrogen and oxygen atoms in total. The molecule has 2 atom stereocenters. The lowest BCUT2D eigenvalue weighted by atomic mass is 10.1. The zero-order valence-corrected chi connectivity index (χ0v) is 9.76. The van der Waals surface area contributed by atoms with Gasteiger partial charge in [-0.05, 0) is 12.0 Å². The van der Waals surface area contributed by atoms with Gasteiger partial charge in [-0.25, -0.2) is 4.79 Å². The molecule has 0 aliphatic rings. The van der Waals surface area contributed by atoms with E-state index in [4.69, 9.17) is 15.9 Å². The third-order valence-corrected chi connectivity index (χ3v) is 2.18. The summed E-state index contributed by atoms with van der Waals surface area (Å²) in [5, 5.41) is 19.6. The van der Waals surface area contributed by atoms with E-state index in [2.05, 4.69) is 18.5 Å². The van der Waals surface area contributed by atoms with Gasteiger partial charge in [0, 0.05) is 6.42 Å². The Kier molecular flexibility index (Phi) is 6.37. The van der Waals surface area contributed by atoms with Crippen molar-refractivity contribution in [3.63, 3.8) is 0 Å². The quantitative estimate of drug-likeness (QED) is 0.433. The summed E-state index contributed by atoms with van der Waals surface area (Å²) < 4.78 is 0. The number of nitrogens with one attached hydrogen (secondary N) is 1. The summed E-state index contributed by atoms with van der Waals surface area (Å²) in [4.78, 5) is 32.7. The summed E-state index contributed by atoms with van der Waals surface area (Å²) in [5.41, 5.74) is 5.35. The van der Waals surface area contributed by atoms with Gasteiger partial charge >= 0.3 is 11.9 Å². The zero-order chi connectivity index (χ0) is 14.3. The molecule has 0 radical (unpaired) electrons. The van der Waals surface area contributed by atoms with Crippen molar-refractivity contribution in [3.8, 4) is 0 Å². The van der Waals surface area contributed by atoms with Crippen molar-refractivity contribution in [3.05, 3.63) is 24.8 Å². The van der Waals surface area contributed by atoms with Crippen molar-refractivity contribution in [2.45, 2.75) is 24.9 Å². The first-order chi connectivity index (χ1) is 8.29. The van der Waals surface area contributed by atoms with Gasteiger partial charge in [0.25, 0.3) is 0 Å². The first-order valence-electron chi connectivity index (χ1n) is 5.11. The summed E-state index contributed by atoms with van der Waals surface area (Å²) in [5.74, 6) is -3.09. The molecule has 0 rings (SSSR count). The molecule has 0 aromatic heterocycles. The van der Waals surface area contributed by atoms with Crippen molar-refractivity contribution in [1.82, 2.24) is 5.32 Å². The number of hydrogen-bond acceptors (Lipinski definition) is 4. The molecule has 2 unspecified atom stereocenters. The predicted molar refractivity (Wildman–Crippen MR) is 63.7 cm³/mol. The van der Waals surface area contributed by atoms with Crippen molar-refractivity contribution < 1.29 is 24.6 Å². The van der Waals surface area contributed by atoms with Gasteiger partial charge in [-0.3, -0.25) is 9.59 Å². The minimum Gasteiger partial charge on any atom is -0.480 e. The molecule has 0 saturated heterocycles. The maximum Gasteiger partial charge on any atom is 0.330 e. The molecule has 5 N–H and O–H groups in total. The molecular weight excluding hydrogens is 240 g/mol. The van der Waals surface area contributed by atoms with Gasteiger partial charge in [-0.2, -0.15) is 0 Å². The van der Waals surface area contributed by atoms with Crippen molar-refractivity contribution in [2.24, 2.45) is 5.73 Å². The van der Waals surface area contributed by atoms with Crippen LogP contribution in [0.2, 0.25) is 0 Å². The van der Waals surface area contributed by atoms with E-state index in [0.29, 0.717) is 0 Å². The van der Waals surface area contributed by atoms with E-state index in [0.717, 1.165) is 0 Å². The molecule has 0 aromatic carbocycles. The van der Waals surface area contributed by atoms with Crippen LogP contribution in [0.25, 0.3) is 0 Å². The molecule has 7 heteroatoms. The number of rotatable bonds is 8. The second-order valence-corrected chi connectivity index (χ2v) is 3.60. The van der Waals surface area contributed by atoms with Gasteiger partial charge in [0.05, 0.1) is 0 Å². The molecular formula is C11H16N2O5. The Labute approximate surface area is 104 Å². The number of nitrogens with two attached hydrogens (primary N) is 1. The summed E-state index contributed by atoms with van der Waals surface area (Å²) in [6.45, 7) is 6.80. The van der Waals surface area contributed by atoms with E-state index >= 15 is 0 Å². The van der Waals surface area contributed by atoms with Gasteiger partial charge in [0.2, 0.25) is 5.91 Å². The second-order valence-electron chi connectivity index (χ2n) is 3.60. The highest BCUT2D eigenvalue weighted by Crippen LogP contribution is 2.03. The van der Waals surface area contributed by atoms with Gasteiger partial charge in [0.1, 0.15) is 6.04 Å². The van der Waals surface area contributed by atoms with Crippen molar-refractivity contribution in [2.75, 3.05) is 0 Å². The Hall–Kier alpha value is -2.15. The lowest BCUT2D eigenvalue weighted by Crippen LogP contribution is -2.42. The number of carbonyl (C=O) groups excluding carboxylic acids is 1. The van der Waals surface area contributed by atoms with Crippen LogP contribution < -0.4 is 11.1 Å². The minimum absolute atomic E-state index is 0.0753. The van der Waals surface area contributed by atoms with Crippen LogP contribution in [0.3, 0.4) is 0 Å². The van der Waals surface area contributed by atoms with E-state index < -0.39 is 29.9 Å². The number of carboxylic acids is 2. The number of carbonyl (C=O) groups is 3. The van der Waals surface area contributed by atoms with Crippen LogP contribution in [-0.4, -0.2) is 40.1 Å². The van der Waals surface area contributed by atoms with Crippen LogP contribution in [-0.2, 0) is 14.4 Å². The highest BCUT2D eigenvalue weighted by Gasteiger charge is 2.22. The lowest BCUT2D eigenvalue weighted by molar-refractivity contribution is -0.141. The maximum absolute atomic E-state index is 11.4. The fourth-order valence-corrected chi connectivity index (χ4v) is 1.07. The predicted octanol–water partition coefficient (Wildman–Crippen LogP) is -0.510. The molecule has 18 heavy (non-hydrogen) atoms. The Bertz CT molecular complexity index is 378. The Morgan fingerprint density at radius 1 is 1.28 bits per heavy atom. The van der Waals surface area contributed by atoms with Crippen molar-refractivity contribution >= 4 is 17.8 Å². The number of carboxylic acid groups (broad SMARTS) is 2. The van der Waals surface area contributed by atoms with Crippen LogP contribution in [0.1, 0.15) is 12.8 Å². The normalized spacial score (nSPS) is 13.2. The highest BCUT2D eigenvalue weighted by molar-refractivity contribution is 5.86. The van der Waals surface area contributed by atoms with E-state index in [9.17, 15) is 14.4 Å². The van der Waals surface area contributed by atoms with E-state index in [1.165, 1.54) is 6.08 Å². The third-order valence-electron chi connectivity index (χ3n) is 2.18. The average molecular weight is 256 g/mol. The average Bonchev–Trinajstić information content (AvgIpc) is 2.31. The van der Waals surface area contributed by atoms with Gasteiger partial charge < -0.3 is 21.3 Å². The lowest BCUT2D eigenvalue weighted by Gasteiger charge is -2.15. The smallest absolute Gasteiger partial charge is 0.330 e. The standard InChI is InChI=1S/C11H16N2O5/c1-3-6(2)9(11(17)18)13-8(14)5-4-7(12)10(15)16/h3,7,9H,1-2,4-5,12H2,(H,13,14)(H,15,16)(H,17,18). The first-order valence-corrected chi connectivity index (χ1v) is 5.11. The third kappa shape index (κ3) is 5.26. The summed E-state index contributed by atoms with van der Waals surface area (Å²) in [6, 6.07) is -2.42. The van der Waals surface area contributed by atoms with Crippen LogP contribution in [0.5, 0.6) is 0 Å². The van der Waals surface area contributed by atoms with Crippen LogP contribution in [0.15, 0.2) is 24.8 Å². The summed E-state index contributed by atoms with van der Waals surface area (Å²) in [7, 11) is 0. The minimum atomic E-state index is -1.27. The molecule has 0 saturated carbocycles. The van der Waals surface area contributed by atoms with E-state index in [1.54, 1.807) is 0 Å². The monoisotopic (exact) mass is 256 g/mol. The summed E-state index contributed by atoms with van der Waals surface area (Å²) >= 11 is 0. The van der Waals surface area contributed by atoms with Gasteiger partial charge in [0.15, 0.2) is 6.04 Å². The largest absolute Gasteiger partial charge is 0.480 e. The number of amides is 1. The maximum atomic E-state index is 11.4. The Morgan fingerprint density at radius 2 is 1.83 bits per heavy atom. The van der Waals surface area contributed by atoms with Crippen LogP contribution >= 0.6 is 0 Å². The molecule has 0 aliphatic heterocycles. The molecule has 0 bridgehead atoms. The summed E-state index contributed by atoms with van der Waals surface area (Å²) in [6.07, 6.45) is 0.970.